The van der Waals surface area contributed by atoms with E-state index in [9.17, 15) is 0 Å². The molecule has 0 aliphatic rings. The van der Waals surface area contributed by atoms with E-state index in [-0.39, 0.29) is 0 Å². The van der Waals surface area contributed by atoms with Gasteiger partial charge in [0.1, 0.15) is 5.82 Å². The van der Waals surface area contributed by atoms with E-state index in [1.165, 1.54) is 18.4 Å². The predicted octanol–water partition coefficient (Wildman–Crippen LogP) is 1.93. The quantitative estimate of drug-likeness (QED) is 0.803. The Kier molecular flexibility index (Phi) is 4.80. The van der Waals surface area contributed by atoms with E-state index in [1.807, 2.05) is 14.0 Å². The highest BCUT2D eigenvalue weighted by Gasteiger charge is 2.13. The molecule has 0 bridgehead atoms. The standard InChI is InChI=1S/C12H24N4/c1-5-7-8-16(6-2)9-11-10(3)14-15(4)12(11)13/h5-9,13H2,1-4H3. The van der Waals surface area contributed by atoms with Crippen molar-refractivity contribution in [2.75, 3.05) is 18.8 Å². The highest BCUT2D eigenvalue weighted by molar-refractivity contribution is 5.42. The average Bonchev–Trinajstić information content (AvgIpc) is 2.50. The maximum atomic E-state index is 6.01. The summed E-state index contributed by atoms with van der Waals surface area (Å²) in [4.78, 5) is 2.42. The number of anilines is 1. The second kappa shape index (κ2) is 5.89. The lowest BCUT2D eigenvalue weighted by molar-refractivity contribution is 0.275. The Morgan fingerprint density at radius 3 is 2.50 bits per heavy atom. The Labute approximate surface area is 98.4 Å². The summed E-state index contributed by atoms with van der Waals surface area (Å²) in [5.41, 5.74) is 8.24. The van der Waals surface area contributed by atoms with Crippen molar-refractivity contribution in [2.45, 2.75) is 40.2 Å². The molecule has 0 fully saturated rings. The fourth-order valence-electron chi connectivity index (χ4n) is 1.87. The molecule has 0 unspecified atom stereocenters. The maximum absolute atomic E-state index is 6.01. The molecule has 0 saturated heterocycles. The zero-order valence-electron chi connectivity index (χ0n) is 11.0. The number of hydrogen-bond acceptors (Lipinski definition) is 3. The van der Waals surface area contributed by atoms with Gasteiger partial charge in [-0.05, 0) is 26.4 Å². The van der Waals surface area contributed by atoms with Gasteiger partial charge in [0.2, 0.25) is 0 Å². The molecule has 1 rings (SSSR count). The van der Waals surface area contributed by atoms with E-state index in [0.29, 0.717) is 0 Å². The van der Waals surface area contributed by atoms with Crippen LogP contribution in [-0.2, 0) is 13.6 Å². The SMILES string of the molecule is CCCCN(CC)Cc1c(C)nn(C)c1N. The minimum Gasteiger partial charge on any atom is -0.384 e. The lowest BCUT2D eigenvalue weighted by atomic mass is 10.2. The zero-order valence-corrected chi connectivity index (χ0v) is 11.0. The fourth-order valence-corrected chi connectivity index (χ4v) is 1.87. The van der Waals surface area contributed by atoms with Crippen molar-refractivity contribution in [3.05, 3.63) is 11.3 Å². The van der Waals surface area contributed by atoms with Crippen LogP contribution < -0.4 is 5.73 Å². The number of nitrogens with zero attached hydrogens (tertiary/aromatic N) is 3. The summed E-state index contributed by atoms with van der Waals surface area (Å²) in [5, 5.41) is 4.34. The summed E-state index contributed by atoms with van der Waals surface area (Å²) in [7, 11) is 1.90. The van der Waals surface area contributed by atoms with Gasteiger partial charge in [0.15, 0.2) is 0 Å². The third-order valence-corrected chi connectivity index (χ3v) is 3.05. The van der Waals surface area contributed by atoms with E-state index in [2.05, 4.69) is 23.8 Å². The second-order valence-electron chi connectivity index (χ2n) is 4.30. The third kappa shape index (κ3) is 2.98. The van der Waals surface area contributed by atoms with E-state index >= 15 is 0 Å². The fraction of sp³-hybridized carbons (Fsp3) is 0.750. The van der Waals surface area contributed by atoms with E-state index in [4.69, 9.17) is 5.73 Å². The number of hydrogen-bond donors (Lipinski definition) is 1. The van der Waals surface area contributed by atoms with Crippen molar-refractivity contribution in [2.24, 2.45) is 7.05 Å². The van der Waals surface area contributed by atoms with Crippen LogP contribution in [0.2, 0.25) is 0 Å². The van der Waals surface area contributed by atoms with Crippen LogP contribution in [0, 0.1) is 6.92 Å². The van der Waals surface area contributed by atoms with Crippen molar-refractivity contribution >= 4 is 5.82 Å². The molecule has 1 heterocycles. The van der Waals surface area contributed by atoms with Crippen LogP contribution in [0.15, 0.2) is 0 Å². The summed E-state index contributed by atoms with van der Waals surface area (Å²) in [6.07, 6.45) is 2.48. The molecule has 0 aliphatic carbocycles. The minimum absolute atomic E-state index is 0.799. The Bertz CT molecular complexity index is 330. The molecule has 0 atom stereocenters. The van der Waals surface area contributed by atoms with Crippen molar-refractivity contribution in [1.82, 2.24) is 14.7 Å². The lowest BCUT2D eigenvalue weighted by Crippen LogP contribution is -2.24. The monoisotopic (exact) mass is 224 g/mol. The topological polar surface area (TPSA) is 47.1 Å². The van der Waals surface area contributed by atoms with Gasteiger partial charge in [-0.25, -0.2) is 0 Å². The van der Waals surface area contributed by atoms with Crippen LogP contribution in [-0.4, -0.2) is 27.8 Å². The van der Waals surface area contributed by atoms with E-state index in [1.54, 1.807) is 4.68 Å². The van der Waals surface area contributed by atoms with Gasteiger partial charge in [-0.1, -0.05) is 20.3 Å². The molecule has 0 saturated carbocycles. The van der Waals surface area contributed by atoms with Gasteiger partial charge in [0.05, 0.1) is 5.69 Å². The molecule has 0 radical (unpaired) electrons. The minimum atomic E-state index is 0.799. The van der Waals surface area contributed by atoms with Gasteiger partial charge in [-0.15, -0.1) is 0 Å². The van der Waals surface area contributed by atoms with Crippen LogP contribution in [0.3, 0.4) is 0 Å². The largest absolute Gasteiger partial charge is 0.384 e. The predicted molar refractivity (Wildman–Crippen MR) is 68.2 cm³/mol. The van der Waals surface area contributed by atoms with Gasteiger partial charge >= 0.3 is 0 Å². The van der Waals surface area contributed by atoms with Crippen LogP contribution in [0.25, 0.3) is 0 Å². The van der Waals surface area contributed by atoms with Gasteiger partial charge < -0.3 is 5.73 Å². The molecule has 0 spiro atoms. The molecule has 1 aromatic rings. The number of nitrogens with two attached hydrogens (primary N) is 1. The summed E-state index contributed by atoms with van der Waals surface area (Å²) in [6, 6.07) is 0. The molecule has 1 aromatic heterocycles. The molecular weight excluding hydrogens is 200 g/mol. The Morgan fingerprint density at radius 2 is 2.06 bits per heavy atom. The van der Waals surface area contributed by atoms with Crippen LogP contribution in [0.1, 0.15) is 37.9 Å². The number of aromatic nitrogens is 2. The molecule has 0 amide bonds. The van der Waals surface area contributed by atoms with Crippen LogP contribution in [0.5, 0.6) is 0 Å². The molecular formula is C12H24N4. The number of rotatable bonds is 6. The Hall–Kier alpha value is -1.03. The summed E-state index contributed by atoms with van der Waals surface area (Å²) < 4.78 is 1.76. The first kappa shape index (κ1) is 13.0. The molecule has 2 N–H and O–H groups in total. The first-order chi connectivity index (χ1) is 7.60. The highest BCUT2D eigenvalue weighted by atomic mass is 15.3. The molecule has 4 heteroatoms. The maximum Gasteiger partial charge on any atom is 0.126 e. The number of nitrogen functional groups attached to an aromatic ring is 1. The van der Waals surface area contributed by atoms with E-state index < -0.39 is 0 Å². The summed E-state index contributed by atoms with van der Waals surface area (Å²) in [6.45, 7) is 9.56. The van der Waals surface area contributed by atoms with Crippen molar-refractivity contribution in [3.63, 3.8) is 0 Å². The lowest BCUT2D eigenvalue weighted by Gasteiger charge is -2.20. The highest BCUT2D eigenvalue weighted by Crippen LogP contribution is 2.17. The molecule has 92 valence electrons. The van der Waals surface area contributed by atoms with Crippen molar-refractivity contribution < 1.29 is 0 Å². The number of aryl methyl sites for hydroxylation is 2. The van der Waals surface area contributed by atoms with E-state index in [0.717, 1.165) is 31.1 Å². The molecule has 0 aromatic carbocycles. The van der Waals surface area contributed by atoms with Gasteiger partial charge in [0, 0.05) is 19.2 Å². The molecule has 4 nitrogen and oxygen atoms in total. The summed E-state index contributed by atoms with van der Waals surface area (Å²) >= 11 is 0. The Balaban J connectivity index is 2.69. The van der Waals surface area contributed by atoms with Crippen LogP contribution >= 0.6 is 0 Å². The third-order valence-electron chi connectivity index (χ3n) is 3.05. The zero-order chi connectivity index (χ0) is 12.1. The molecule has 0 aliphatic heterocycles. The molecule has 16 heavy (non-hydrogen) atoms. The van der Waals surface area contributed by atoms with Gasteiger partial charge in [-0.3, -0.25) is 9.58 Å². The average molecular weight is 224 g/mol. The number of unbranched alkanes of at least 4 members (excludes halogenated alkanes) is 1. The van der Waals surface area contributed by atoms with Crippen molar-refractivity contribution in [1.29, 1.82) is 0 Å². The second-order valence-corrected chi connectivity index (χ2v) is 4.30. The van der Waals surface area contributed by atoms with Gasteiger partial charge in [-0.2, -0.15) is 5.10 Å². The Morgan fingerprint density at radius 1 is 1.38 bits per heavy atom. The normalized spacial score (nSPS) is 11.3. The summed E-state index contributed by atoms with van der Waals surface area (Å²) in [5.74, 6) is 0.799. The van der Waals surface area contributed by atoms with Crippen molar-refractivity contribution in [3.8, 4) is 0 Å². The first-order valence-corrected chi connectivity index (χ1v) is 6.10. The van der Waals surface area contributed by atoms with Crippen LogP contribution in [0.4, 0.5) is 5.82 Å². The smallest absolute Gasteiger partial charge is 0.126 e. The first-order valence-electron chi connectivity index (χ1n) is 6.10. The van der Waals surface area contributed by atoms with Gasteiger partial charge in [0.25, 0.3) is 0 Å².